The van der Waals surface area contributed by atoms with E-state index in [1.165, 1.54) is 23.5 Å². The number of halogens is 3. The number of hydrogen-bond acceptors (Lipinski definition) is 5. The number of rotatable bonds is 4. The highest BCUT2D eigenvalue weighted by Gasteiger charge is 2.30. The fourth-order valence-electron chi connectivity index (χ4n) is 2.05. The Bertz CT molecular complexity index is 769. The van der Waals surface area contributed by atoms with Crippen LogP contribution in [0.15, 0.2) is 42.7 Å². The van der Waals surface area contributed by atoms with Gasteiger partial charge in [0.2, 0.25) is 0 Å². The molecule has 0 spiro atoms. The van der Waals surface area contributed by atoms with Crippen LogP contribution in [0.2, 0.25) is 0 Å². The third kappa shape index (κ3) is 3.59. The molecule has 0 fully saturated rings. The van der Waals surface area contributed by atoms with Crippen LogP contribution in [-0.4, -0.2) is 21.6 Å². The van der Waals surface area contributed by atoms with Crippen molar-refractivity contribution in [3.63, 3.8) is 0 Å². The molecule has 0 aliphatic heterocycles. The van der Waals surface area contributed by atoms with Crippen LogP contribution in [0.1, 0.15) is 17.2 Å². The summed E-state index contributed by atoms with van der Waals surface area (Å²) in [6, 6.07) is 6.31. The quantitative estimate of drug-likeness (QED) is 0.758. The first kappa shape index (κ1) is 15.7. The van der Waals surface area contributed by atoms with Gasteiger partial charge in [0.25, 0.3) is 0 Å². The summed E-state index contributed by atoms with van der Waals surface area (Å²) in [6.07, 6.45) is -2.00. The van der Waals surface area contributed by atoms with Gasteiger partial charge >= 0.3 is 6.18 Å². The van der Waals surface area contributed by atoms with Gasteiger partial charge in [-0.05, 0) is 23.8 Å². The molecule has 0 amide bonds. The fraction of sp³-hybridized carbons (Fsp3) is 0.200. The Labute approximate surface area is 133 Å². The molecule has 1 aromatic carbocycles. The molecule has 0 saturated heterocycles. The molecule has 2 aromatic heterocycles. The van der Waals surface area contributed by atoms with Crippen LogP contribution in [-0.2, 0) is 6.18 Å². The third-order valence-corrected chi connectivity index (χ3v) is 4.25. The maximum Gasteiger partial charge on any atom is 0.416 e. The molecule has 1 atom stereocenters. The predicted octanol–water partition coefficient (Wildman–Crippen LogP) is 3.86. The van der Waals surface area contributed by atoms with Crippen LogP contribution < -0.4 is 5.32 Å². The summed E-state index contributed by atoms with van der Waals surface area (Å²) in [7, 11) is 0. The van der Waals surface area contributed by atoms with Gasteiger partial charge in [0.05, 0.1) is 22.6 Å². The van der Waals surface area contributed by atoms with Gasteiger partial charge in [-0.15, -0.1) is 0 Å². The maximum absolute atomic E-state index is 12.5. The van der Waals surface area contributed by atoms with Gasteiger partial charge in [-0.2, -0.15) is 13.2 Å². The van der Waals surface area contributed by atoms with E-state index in [-0.39, 0.29) is 6.54 Å². The van der Waals surface area contributed by atoms with E-state index in [0.717, 1.165) is 22.3 Å². The highest BCUT2D eigenvalue weighted by atomic mass is 32.1. The number of aliphatic hydroxyl groups excluding tert-OH is 1. The number of fused-ring (bicyclic) bond motifs is 1. The number of nitrogens with one attached hydrogen (secondary N) is 1. The van der Waals surface area contributed by atoms with Crippen LogP contribution in [0.5, 0.6) is 0 Å². The number of aromatic nitrogens is 2. The zero-order valence-corrected chi connectivity index (χ0v) is 12.5. The molecule has 0 unspecified atom stereocenters. The summed E-state index contributed by atoms with van der Waals surface area (Å²) in [4.78, 5) is 8.28. The van der Waals surface area contributed by atoms with Crippen molar-refractivity contribution in [1.29, 1.82) is 0 Å². The minimum atomic E-state index is -4.38. The minimum absolute atomic E-state index is 0.151. The highest BCUT2D eigenvalue weighted by Crippen LogP contribution is 2.30. The molecular formula is C15H12F3N3OS. The van der Waals surface area contributed by atoms with Crippen LogP contribution in [0.3, 0.4) is 0 Å². The summed E-state index contributed by atoms with van der Waals surface area (Å²) in [5, 5.41) is 13.7. The average Bonchev–Trinajstić information content (AvgIpc) is 2.95. The maximum atomic E-state index is 12.5. The largest absolute Gasteiger partial charge is 0.416 e. The molecule has 2 N–H and O–H groups in total. The van der Waals surface area contributed by atoms with Crippen molar-refractivity contribution in [3.8, 4) is 0 Å². The summed E-state index contributed by atoms with van der Waals surface area (Å²) in [5.74, 6) is 0. The molecule has 0 aliphatic carbocycles. The van der Waals surface area contributed by atoms with Gasteiger partial charge in [-0.3, -0.25) is 4.98 Å². The first-order chi connectivity index (χ1) is 10.9. The zero-order chi connectivity index (χ0) is 16.4. The Hall–Kier alpha value is -2.19. The lowest BCUT2D eigenvalue weighted by molar-refractivity contribution is -0.137. The molecule has 3 aromatic rings. The van der Waals surface area contributed by atoms with E-state index in [1.54, 1.807) is 12.4 Å². The summed E-state index contributed by atoms with van der Waals surface area (Å²) in [6.45, 7) is 0.151. The Morgan fingerprint density at radius 2 is 1.91 bits per heavy atom. The average molecular weight is 339 g/mol. The predicted molar refractivity (Wildman–Crippen MR) is 82.3 cm³/mol. The second kappa shape index (κ2) is 6.13. The standard InChI is InChI=1S/C15H12F3N3OS/c16-15(17,18)10-3-1-9(2-4-10)12(22)8-20-14-21-11-7-19-6-5-13(11)23-14/h1-7,12,22H,8H2,(H,20,21)/t12-/m0/s1. The van der Waals surface area contributed by atoms with Crippen molar-refractivity contribution in [2.45, 2.75) is 12.3 Å². The molecule has 0 saturated carbocycles. The molecule has 0 bridgehead atoms. The molecule has 23 heavy (non-hydrogen) atoms. The SMILES string of the molecule is O[C@@H](CNc1nc2cnccc2s1)c1ccc(C(F)(F)F)cc1. The Balaban J connectivity index is 1.65. The van der Waals surface area contributed by atoms with E-state index in [0.29, 0.717) is 10.7 Å². The Morgan fingerprint density at radius 3 is 2.57 bits per heavy atom. The van der Waals surface area contributed by atoms with E-state index in [4.69, 9.17) is 0 Å². The number of aliphatic hydroxyl groups is 1. The minimum Gasteiger partial charge on any atom is -0.387 e. The lowest BCUT2D eigenvalue weighted by Crippen LogP contribution is -2.12. The molecule has 120 valence electrons. The monoisotopic (exact) mass is 339 g/mol. The topological polar surface area (TPSA) is 58.0 Å². The number of pyridine rings is 1. The molecule has 2 heterocycles. The van der Waals surface area contributed by atoms with E-state index >= 15 is 0 Å². The second-order valence-corrected chi connectivity index (χ2v) is 5.91. The third-order valence-electron chi connectivity index (χ3n) is 3.26. The molecular weight excluding hydrogens is 327 g/mol. The van der Waals surface area contributed by atoms with Crippen molar-refractivity contribution in [2.24, 2.45) is 0 Å². The van der Waals surface area contributed by atoms with E-state index in [9.17, 15) is 18.3 Å². The zero-order valence-electron chi connectivity index (χ0n) is 11.7. The Kier molecular flexibility index (Phi) is 4.18. The smallest absolute Gasteiger partial charge is 0.387 e. The molecule has 8 heteroatoms. The normalized spacial score (nSPS) is 13.2. The van der Waals surface area contributed by atoms with Gasteiger partial charge in [0.1, 0.15) is 5.52 Å². The van der Waals surface area contributed by atoms with Gasteiger partial charge in [-0.1, -0.05) is 23.5 Å². The summed E-state index contributed by atoms with van der Waals surface area (Å²) < 4.78 is 38.5. The van der Waals surface area contributed by atoms with Crippen LogP contribution in [0, 0.1) is 0 Å². The van der Waals surface area contributed by atoms with Gasteiger partial charge in [0, 0.05) is 12.7 Å². The van der Waals surface area contributed by atoms with Crippen molar-refractivity contribution < 1.29 is 18.3 Å². The van der Waals surface area contributed by atoms with Gasteiger partial charge in [-0.25, -0.2) is 4.98 Å². The van der Waals surface area contributed by atoms with Gasteiger partial charge in [0.15, 0.2) is 5.13 Å². The first-order valence-corrected chi connectivity index (χ1v) is 7.55. The van der Waals surface area contributed by atoms with Crippen molar-refractivity contribution in [1.82, 2.24) is 9.97 Å². The van der Waals surface area contributed by atoms with Crippen LogP contribution in [0.25, 0.3) is 10.2 Å². The van der Waals surface area contributed by atoms with Crippen LogP contribution >= 0.6 is 11.3 Å². The number of anilines is 1. The summed E-state index contributed by atoms with van der Waals surface area (Å²) in [5.41, 5.74) is 0.428. The molecule has 0 aliphatic rings. The molecule has 4 nitrogen and oxygen atoms in total. The number of benzene rings is 1. The van der Waals surface area contributed by atoms with Crippen LogP contribution in [0.4, 0.5) is 18.3 Å². The number of hydrogen-bond donors (Lipinski definition) is 2. The molecule has 0 radical (unpaired) electrons. The number of nitrogens with zero attached hydrogens (tertiary/aromatic N) is 2. The lowest BCUT2D eigenvalue weighted by Gasteiger charge is -2.13. The van der Waals surface area contributed by atoms with E-state index in [1.807, 2.05) is 6.07 Å². The van der Waals surface area contributed by atoms with Gasteiger partial charge < -0.3 is 10.4 Å². The van der Waals surface area contributed by atoms with Crippen molar-refractivity contribution >= 4 is 26.7 Å². The van der Waals surface area contributed by atoms with Crippen molar-refractivity contribution in [3.05, 3.63) is 53.9 Å². The van der Waals surface area contributed by atoms with E-state index in [2.05, 4.69) is 15.3 Å². The lowest BCUT2D eigenvalue weighted by atomic mass is 10.1. The van der Waals surface area contributed by atoms with E-state index < -0.39 is 17.8 Å². The Morgan fingerprint density at radius 1 is 1.17 bits per heavy atom. The fourth-order valence-corrected chi connectivity index (χ4v) is 2.89. The highest BCUT2D eigenvalue weighted by molar-refractivity contribution is 7.22. The molecule has 3 rings (SSSR count). The van der Waals surface area contributed by atoms with Crippen molar-refractivity contribution in [2.75, 3.05) is 11.9 Å². The first-order valence-electron chi connectivity index (χ1n) is 6.73. The number of thiazole rings is 1. The second-order valence-electron chi connectivity index (χ2n) is 4.88. The summed E-state index contributed by atoms with van der Waals surface area (Å²) >= 11 is 1.42. The number of alkyl halides is 3.